The number of hydrogen-bond acceptors (Lipinski definition) is 4. The van der Waals surface area contributed by atoms with Crippen LogP contribution in [-0.2, 0) is 0 Å². The van der Waals surface area contributed by atoms with Crippen LogP contribution in [0.15, 0.2) is 5.16 Å². The molecule has 1 aliphatic heterocycles. The van der Waals surface area contributed by atoms with Gasteiger partial charge in [-0.1, -0.05) is 12.1 Å². The highest BCUT2D eigenvalue weighted by Gasteiger charge is 2.20. The minimum absolute atomic E-state index is 0.298. The normalized spacial score (nSPS) is 22.9. The Hall–Kier alpha value is -0.810. The molecule has 0 radical (unpaired) electrons. The molecule has 3 N–H and O–H groups in total. The van der Waals surface area contributed by atoms with Crippen LogP contribution in [0, 0.1) is 0 Å². The van der Waals surface area contributed by atoms with E-state index in [1.807, 2.05) is 0 Å². The second kappa shape index (κ2) is 5.92. The van der Waals surface area contributed by atoms with Crippen molar-refractivity contribution in [3.05, 3.63) is 0 Å². The summed E-state index contributed by atoms with van der Waals surface area (Å²) in [5.74, 6) is 0.298. The van der Waals surface area contributed by atoms with E-state index >= 15 is 0 Å². The number of nitrogens with zero attached hydrogens (tertiary/aromatic N) is 3. The summed E-state index contributed by atoms with van der Waals surface area (Å²) >= 11 is 0. The van der Waals surface area contributed by atoms with Gasteiger partial charge >= 0.3 is 0 Å². The van der Waals surface area contributed by atoms with E-state index in [2.05, 4.69) is 28.8 Å². The Morgan fingerprint density at radius 3 is 2.47 bits per heavy atom. The number of rotatable bonds is 4. The van der Waals surface area contributed by atoms with Gasteiger partial charge in [0.25, 0.3) is 0 Å². The van der Waals surface area contributed by atoms with Crippen LogP contribution in [0.25, 0.3) is 0 Å². The van der Waals surface area contributed by atoms with Crippen molar-refractivity contribution in [3.63, 3.8) is 0 Å². The van der Waals surface area contributed by atoms with Crippen LogP contribution in [0.1, 0.15) is 20.3 Å². The first kappa shape index (κ1) is 12.3. The summed E-state index contributed by atoms with van der Waals surface area (Å²) in [7, 11) is 0. The molecule has 15 heavy (non-hydrogen) atoms. The van der Waals surface area contributed by atoms with Gasteiger partial charge < -0.3 is 10.9 Å². The minimum Gasteiger partial charge on any atom is -0.409 e. The van der Waals surface area contributed by atoms with Gasteiger partial charge in [-0.25, -0.2) is 0 Å². The molecule has 1 rings (SSSR count). The first-order valence-corrected chi connectivity index (χ1v) is 5.60. The molecule has 0 bridgehead atoms. The van der Waals surface area contributed by atoms with E-state index in [9.17, 15) is 0 Å². The molecule has 0 spiro atoms. The lowest BCUT2D eigenvalue weighted by atomic mass is 10.2. The molecule has 1 heterocycles. The highest BCUT2D eigenvalue weighted by Crippen LogP contribution is 2.08. The average Bonchev–Trinajstić information content (AvgIpc) is 2.29. The van der Waals surface area contributed by atoms with Crippen LogP contribution in [0.2, 0.25) is 0 Å². The monoisotopic (exact) mass is 214 g/mol. The van der Waals surface area contributed by atoms with Gasteiger partial charge in [-0.15, -0.1) is 0 Å². The molecule has 1 unspecified atom stereocenters. The Bertz CT molecular complexity index is 211. The van der Waals surface area contributed by atoms with Crippen LogP contribution in [0.3, 0.4) is 0 Å². The summed E-state index contributed by atoms with van der Waals surface area (Å²) in [4.78, 5) is 4.71. The van der Waals surface area contributed by atoms with E-state index in [0.29, 0.717) is 18.4 Å². The van der Waals surface area contributed by atoms with Gasteiger partial charge in [0.05, 0.1) is 6.54 Å². The van der Waals surface area contributed by atoms with Gasteiger partial charge in [0.15, 0.2) is 5.84 Å². The summed E-state index contributed by atoms with van der Waals surface area (Å²) in [5, 5.41) is 11.5. The molecule has 5 heteroatoms. The molecule has 0 aromatic carbocycles. The maximum atomic E-state index is 8.47. The summed E-state index contributed by atoms with van der Waals surface area (Å²) < 4.78 is 0. The quantitative estimate of drug-likeness (QED) is 0.302. The van der Waals surface area contributed by atoms with Gasteiger partial charge in [-0.3, -0.25) is 9.80 Å². The highest BCUT2D eigenvalue weighted by molar-refractivity contribution is 5.81. The molecule has 1 saturated heterocycles. The van der Waals surface area contributed by atoms with E-state index in [4.69, 9.17) is 10.9 Å². The molecule has 1 atom stereocenters. The Morgan fingerprint density at radius 1 is 1.40 bits per heavy atom. The molecule has 0 aliphatic carbocycles. The number of oxime groups is 1. The SMILES string of the molecule is CCC(C)N1CCN(CC(N)=NO)CC1. The van der Waals surface area contributed by atoms with Gasteiger partial charge in [-0.2, -0.15) is 0 Å². The van der Waals surface area contributed by atoms with Crippen LogP contribution < -0.4 is 5.73 Å². The molecule has 0 aromatic heterocycles. The Kier molecular flexibility index (Phi) is 4.84. The van der Waals surface area contributed by atoms with E-state index in [0.717, 1.165) is 26.2 Å². The smallest absolute Gasteiger partial charge is 0.153 e. The van der Waals surface area contributed by atoms with E-state index in [1.54, 1.807) is 0 Å². The summed E-state index contributed by atoms with van der Waals surface area (Å²) in [6, 6.07) is 0.663. The second-order valence-corrected chi connectivity index (χ2v) is 4.16. The molecular formula is C10H22N4O. The lowest BCUT2D eigenvalue weighted by Gasteiger charge is -2.37. The largest absolute Gasteiger partial charge is 0.409 e. The van der Waals surface area contributed by atoms with Gasteiger partial charge in [0.1, 0.15) is 0 Å². The van der Waals surface area contributed by atoms with Gasteiger partial charge in [-0.05, 0) is 13.3 Å². The van der Waals surface area contributed by atoms with Crippen molar-refractivity contribution in [3.8, 4) is 0 Å². The zero-order valence-corrected chi connectivity index (χ0v) is 9.69. The van der Waals surface area contributed by atoms with Crippen molar-refractivity contribution in [2.45, 2.75) is 26.3 Å². The average molecular weight is 214 g/mol. The molecule has 0 amide bonds. The van der Waals surface area contributed by atoms with Crippen molar-refractivity contribution in [1.29, 1.82) is 0 Å². The van der Waals surface area contributed by atoms with Gasteiger partial charge in [0, 0.05) is 32.2 Å². The zero-order valence-electron chi connectivity index (χ0n) is 9.69. The molecule has 0 aromatic rings. The number of hydrogen-bond donors (Lipinski definition) is 2. The van der Waals surface area contributed by atoms with Crippen molar-refractivity contribution in [1.82, 2.24) is 9.80 Å². The first-order chi connectivity index (χ1) is 7.17. The molecule has 1 aliphatic rings. The van der Waals surface area contributed by atoms with E-state index < -0.39 is 0 Å². The highest BCUT2D eigenvalue weighted by atomic mass is 16.4. The van der Waals surface area contributed by atoms with Crippen LogP contribution >= 0.6 is 0 Å². The third-order valence-electron chi connectivity index (χ3n) is 3.14. The third-order valence-corrected chi connectivity index (χ3v) is 3.14. The number of nitrogens with two attached hydrogens (primary N) is 1. The zero-order chi connectivity index (χ0) is 11.3. The van der Waals surface area contributed by atoms with Crippen molar-refractivity contribution < 1.29 is 5.21 Å². The van der Waals surface area contributed by atoms with Crippen molar-refractivity contribution in [2.75, 3.05) is 32.7 Å². The fourth-order valence-electron chi connectivity index (χ4n) is 1.88. The molecule has 5 nitrogen and oxygen atoms in total. The Labute approximate surface area is 91.5 Å². The van der Waals surface area contributed by atoms with E-state index in [1.165, 1.54) is 6.42 Å². The van der Waals surface area contributed by atoms with Crippen LogP contribution in [0.5, 0.6) is 0 Å². The molecule has 0 saturated carbocycles. The predicted molar refractivity (Wildman–Crippen MR) is 61.2 cm³/mol. The van der Waals surface area contributed by atoms with Crippen molar-refractivity contribution in [2.24, 2.45) is 10.9 Å². The molecule has 88 valence electrons. The fourth-order valence-corrected chi connectivity index (χ4v) is 1.88. The molecule has 1 fully saturated rings. The summed E-state index contributed by atoms with van der Waals surface area (Å²) in [6.07, 6.45) is 1.19. The van der Waals surface area contributed by atoms with Crippen LogP contribution in [0.4, 0.5) is 0 Å². The minimum atomic E-state index is 0.298. The second-order valence-electron chi connectivity index (χ2n) is 4.16. The maximum Gasteiger partial charge on any atom is 0.153 e. The number of piperazine rings is 1. The standard InChI is InChI=1S/C10H22N4O/c1-3-9(2)14-6-4-13(5-7-14)8-10(11)12-15/h9,15H,3-8H2,1-2H3,(H2,11,12). The lowest BCUT2D eigenvalue weighted by molar-refractivity contribution is 0.110. The summed E-state index contributed by atoms with van der Waals surface area (Å²) in [5.41, 5.74) is 5.47. The third kappa shape index (κ3) is 3.68. The lowest BCUT2D eigenvalue weighted by Crippen LogP contribution is -2.51. The first-order valence-electron chi connectivity index (χ1n) is 5.60. The topological polar surface area (TPSA) is 65.1 Å². The van der Waals surface area contributed by atoms with Gasteiger partial charge in [0.2, 0.25) is 0 Å². The Balaban J connectivity index is 2.29. The number of amidine groups is 1. The fraction of sp³-hybridized carbons (Fsp3) is 0.900. The van der Waals surface area contributed by atoms with E-state index in [-0.39, 0.29) is 0 Å². The maximum absolute atomic E-state index is 8.47. The van der Waals surface area contributed by atoms with Crippen LogP contribution in [-0.4, -0.2) is 59.6 Å². The predicted octanol–water partition coefficient (Wildman–Crippen LogP) is 0.149. The summed E-state index contributed by atoms with van der Waals surface area (Å²) in [6.45, 7) is 9.21. The molecular weight excluding hydrogens is 192 g/mol. The van der Waals surface area contributed by atoms with Crippen molar-refractivity contribution >= 4 is 5.84 Å². The Morgan fingerprint density at radius 2 is 2.00 bits per heavy atom.